The molecule has 1 unspecified atom stereocenters. The molecule has 3 aromatic heterocycles. The molecule has 5 aromatic rings. The summed E-state index contributed by atoms with van der Waals surface area (Å²) in [5.74, 6) is -1.12. The van der Waals surface area contributed by atoms with Crippen molar-refractivity contribution in [2.24, 2.45) is 0 Å². The van der Waals surface area contributed by atoms with Crippen LogP contribution in [0.1, 0.15) is 34.1 Å². The number of aryl methyl sites for hydroxylation is 2. The molecule has 1 aliphatic heterocycles. The van der Waals surface area contributed by atoms with Crippen molar-refractivity contribution in [3.63, 3.8) is 0 Å². The highest BCUT2D eigenvalue weighted by atomic mass is 32.2. The molecule has 194 valence electrons. The zero-order valence-corrected chi connectivity index (χ0v) is 22.7. The number of anilines is 1. The molecule has 1 atom stereocenters. The molecule has 4 heterocycles. The molecule has 1 fully saturated rings. The van der Waals surface area contributed by atoms with E-state index < -0.39 is 17.7 Å². The summed E-state index contributed by atoms with van der Waals surface area (Å²) in [4.78, 5) is 32.9. The molecule has 1 amide bonds. The first-order valence-corrected chi connectivity index (χ1v) is 14.0. The van der Waals surface area contributed by atoms with Gasteiger partial charge in [-0.25, -0.2) is 4.98 Å². The molecule has 39 heavy (non-hydrogen) atoms. The van der Waals surface area contributed by atoms with Crippen LogP contribution in [0.5, 0.6) is 0 Å². The van der Waals surface area contributed by atoms with Crippen LogP contribution in [0.2, 0.25) is 0 Å². The molecule has 0 saturated carbocycles. The van der Waals surface area contributed by atoms with Crippen LogP contribution < -0.4 is 4.90 Å². The molecule has 1 aliphatic rings. The van der Waals surface area contributed by atoms with Crippen LogP contribution in [-0.2, 0) is 15.3 Å². The van der Waals surface area contributed by atoms with Crippen LogP contribution >= 0.6 is 23.1 Å². The third-order valence-electron chi connectivity index (χ3n) is 6.57. The van der Waals surface area contributed by atoms with Crippen molar-refractivity contribution in [1.29, 1.82) is 0 Å². The van der Waals surface area contributed by atoms with E-state index in [0.717, 1.165) is 5.56 Å². The third kappa shape index (κ3) is 4.51. The molecule has 1 saturated heterocycles. The van der Waals surface area contributed by atoms with Crippen LogP contribution in [0.25, 0.3) is 11.4 Å². The lowest BCUT2D eigenvalue weighted by atomic mass is 9.96. The van der Waals surface area contributed by atoms with Crippen LogP contribution in [0.4, 0.5) is 5.13 Å². The average Bonchev–Trinajstić information content (AvgIpc) is 3.62. The number of amides is 1. The Bertz CT molecular complexity index is 1740. The number of aliphatic hydroxyl groups is 1. The Hall–Kier alpha value is -4.28. The van der Waals surface area contributed by atoms with E-state index in [0.29, 0.717) is 37.8 Å². The Kier molecular flexibility index (Phi) is 6.49. The SMILES string of the molecule is Cc1ccc(CSc2nnc(N3C(=O)C(=O)/C(=C(/O)c4c(C)nc5ccccn45)C3c3ccccc3)s2)cc1. The summed E-state index contributed by atoms with van der Waals surface area (Å²) in [6.07, 6.45) is 1.76. The maximum Gasteiger partial charge on any atom is 0.301 e. The molecule has 1 N–H and O–H groups in total. The van der Waals surface area contributed by atoms with Gasteiger partial charge < -0.3 is 5.11 Å². The topological polar surface area (TPSA) is 101 Å². The quantitative estimate of drug-likeness (QED) is 0.0943. The van der Waals surface area contributed by atoms with E-state index in [2.05, 4.69) is 39.4 Å². The highest BCUT2D eigenvalue weighted by Gasteiger charge is 2.48. The van der Waals surface area contributed by atoms with Crippen molar-refractivity contribution < 1.29 is 14.7 Å². The van der Waals surface area contributed by atoms with Crippen LogP contribution in [0.3, 0.4) is 0 Å². The van der Waals surface area contributed by atoms with Crippen LogP contribution in [-0.4, -0.2) is 36.4 Å². The first-order chi connectivity index (χ1) is 18.9. The minimum Gasteiger partial charge on any atom is -0.505 e. The number of carbonyl (C=O) groups excluding carboxylic acids is 2. The smallest absolute Gasteiger partial charge is 0.301 e. The predicted octanol–water partition coefficient (Wildman–Crippen LogP) is 5.72. The number of imidazole rings is 1. The summed E-state index contributed by atoms with van der Waals surface area (Å²) in [6, 6.07) is 22.0. The Morgan fingerprint density at radius 1 is 0.974 bits per heavy atom. The van der Waals surface area contributed by atoms with Gasteiger partial charge in [-0.05, 0) is 37.1 Å². The number of nitrogens with zero attached hydrogens (tertiary/aromatic N) is 5. The first kappa shape index (κ1) is 25.0. The van der Waals surface area contributed by atoms with Gasteiger partial charge in [-0.2, -0.15) is 0 Å². The van der Waals surface area contributed by atoms with E-state index in [4.69, 9.17) is 0 Å². The zero-order chi connectivity index (χ0) is 27.1. The number of benzene rings is 2. The predicted molar refractivity (Wildman–Crippen MR) is 152 cm³/mol. The number of thioether (sulfide) groups is 1. The Morgan fingerprint density at radius 3 is 2.49 bits per heavy atom. The number of fused-ring (bicyclic) bond motifs is 1. The summed E-state index contributed by atoms with van der Waals surface area (Å²) >= 11 is 2.76. The van der Waals surface area contributed by atoms with Crippen molar-refractivity contribution in [3.05, 3.63) is 113 Å². The van der Waals surface area contributed by atoms with Gasteiger partial charge in [0.15, 0.2) is 10.1 Å². The van der Waals surface area contributed by atoms with Gasteiger partial charge in [0, 0.05) is 11.9 Å². The van der Waals surface area contributed by atoms with Gasteiger partial charge in [0.25, 0.3) is 5.78 Å². The fraction of sp³-hybridized carbons (Fsp3) is 0.138. The van der Waals surface area contributed by atoms with E-state index in [1.54, 1.807) is 17.5 Å². The van der Waals surface area contributed by atoms with E-state index in [9.17, 15) is 14.7 Å². The molecule has 8 nitrogen and oxygen atoms in total. The van der Waals surface area contributed by atoms with Gasteiger partial charge in [0.1, 0.15) is 11.3 Å². The number of Topliss-reactive ketones (excluding diaryl/α,β-unsaturated/α-hetero) is 1. The fourth-order valence-corrected chi connectivity index (χ4v) is 6.52. The normalized spacial score (nSPS) is 16.9. The number of pyridine rings is 1. The van der Waals surface area contributed by atoms with Crippen molar-refractivity contribution in [2.75, 3.05) is 4.90 Å². The molecule has 0 radical (unpaired) electrons. The van der Waals surface area contributed by atoms with Gasteiger partial charge in [-0.1, -0.05) is 89.3 Å². The molecular weight excluding hydrogens is 530 g/mol. The van der Waals surface area contributed by atoms with E-state index >= 15 is 0 Å². The van der Waals surface area contributed by atoms with Gasteiger partial charge >= 0.3 is 5.91 Å². The van der Waals surface area contributed by atoms with Crippen molar-refractivity contribution in [3.8, 4) is 0 Å². The number of carbonyl (C=O) groups is 2. The van der Waals surface area contributed by atoms with Crippen LogP contribution in [0, 0.1) is 13.8 Å². The average molecular weight is 554 g/mol. The maximum absolute atomic E-state index is 13.5. The number of rotatable bonds is 6. The Balaban J connectivity index is 1.42. The number of aromatic nitrogens is 4. The number of hydrogen-bond acceptors (Lipinski definition) is 8. The summed E-state index contributed by atoms with van der Waals surface area (Å²) in [7, 11) is 0. The first-order valence-electron chi connectivity index (χ1n) is 12.2. The Labute approximate surface area is 232 Å². The second-order valence-corrected chi connectivity index (χ2v) is 11.4. The van der Waals surface area contributed by atoms with Gasteiger partial charge in [0.2, 0.25) is 5.13 Å². The minimum atomic E-state index is -0.872. The van der Waals surface area contributed by atoms with Crippen LogP contribution in [0.15, 0.2) is 88.9 Å². The summed E-state index contributed by atoms with van der Waals surface area (Å²) in [6.45, 7) is 3.81. The summed E-state index contributed by atoms with van der Waals surface area (Å²) in [5, 5.41) is 20.5. The molecular formula is C29H23N5O3S2. The Morgan fingerprint density at radius 2 is 1.72 bits per heavy atom. The highest BCUT2D eigenvalue weighted by molar-refractivity contribution is 8.00. The molecule has 0 bridgehead atoms. The monoisotopic (exact) mass is 553 g/mol. The number of ketones is 1. The number of hydrogen-bond donors (Lipinski definition) is 1. The molecule has 10 heteroatoms. The lowest BCUT2D eigenvalue weighted by Crippen LogP contribution is -2.29. The van der Waals surface area contributed by atoms with Crippen molar-refractivity contribution in [2.45, 2.75) is 30.0 Å². The second-order valence-electron chi connectivity index (χ2n) is 9.18. The standard InChI is InChI=1S/C29H23N5O3S2/c1-17-11-13-19(14-12-17)16-38-29-32-31-28(39-29)34-24(20-8-4-3-5-9-20)22(26(36)27(34)37)25(35)23-18(2)30-21-10-6-7-15-33(21)23/h3-15,24,35H,16H2,1-2H3/b25-22+. The molecule has 6 rings (SSSR count). The van der Waals surface area contributed by atoms with E-state index in [1.807, 2.05) is 55.5 Å². The second kappa shape index (κ2) is 10.1. The summed E-state index contributed by atoms with van der Waals surface area (Å²) in [5.41, 5.74) is 4.55. The summed E-state index contributed by atoms with van der Waals surface area (Å²) < 4.78 is 2.39. The maximum atomic E-state index is 13.5. The number of aliphatic hydroxyl groups excluding tert-OH is 1. The zero-order valence-electron chi connectivity index (χ0n) is 21.1. The minimum absolute atomic E-state index is 0.0102. The van der Waals surface area contributed by atoms with Crippen molar-refractivity contribution in [1.82, 2.24) is 19.6 Å². The van der Waals surface area contributed by atoms with Gasteiger partial charge in [0.05, 0.1) is 17.3 Å². The largest absolute Gasteiger partial charge is 0.505 e. The third-order valence-corrected chi connectivity index (χ3v) is 8.70. The highest BCUT2D eigenvalue weighted by Crippen LogP contribution is 2.44. The lowest BCUT2D eigenvalue weighted by molar-refractivity contribution is -0.132. The molecule has 0 spiro atoms. The lowest BCUT2D eigenvalue weighted by Gasteiger charge is -2.22. The molecule has 0 aliphatic carbocycles. The molecule has 2 aromatic carbocycles. The fourth-order valence-electron chi connectivity index (χ4n) is 4.69. The van der Waals surface area contributed by atoms with Gasteiger partial charge in [-0.15, -0.1) is 10.2 Å². The van der Waals surface area contributed by atoms with Crippen molar-refractivity contribution >= 4 is 51.3 Å². The van der Waals surface area contributed by atoms with Gasteiger partial charge in [-0.3, -0.25) is 18.9 Å². The van der Waals surface area contributed by atoms with E-state index in [-0.39, 0.29) is 11.3 Å². The van der Waals surface area contributed by atoms with E-state index in [1.165, 1.54) is 33.6 Å².